The first-order valence-electron chi connectivity index (χ1n) is 6.19. The quantitative estimate of drug-likeness (QED) is 0.839. The Kier molecular flexibility index (Phi) is 4.23. The van der Waals surface area contributed by atoms with E-state index in [0.717, 1.165) is 22.3 Å². The van der Waals surface area contributed by atoms with Gasteiger partial charge >= 0.3 is 0 Å². The molecule has 1 atom stereocenters. The second kappa shape index (κ2) is 5.72. The lowest BCUT2D eigenvalue weighted by atomic mass is 10.1. The van der Waals surface area contributed by atoms with E-state index in [9.17, 15) is 4.79 Å². The highest BCUT2D eigenvalue weighted by Gasteiger charge is 2.33. The van der Waals surface area contributed by atoms with Crippen LogP contribution in [0.2, 0.25) is 0 Å². The van der Waals surface area contributed by atoms with E-state index in [1.54, 1.807) is 4.90 Å². The van der Waals surface area contributed by atoms with Crippen molar-refractivity contribution in [1.29, 1.82) is 5.26 Å². The molecule has 1 amide bonds. The number of amides is 1. The molecule has 2 rings (SSSR count). The van der Waals surface area contributed by atoms with Crippen LogP contribution in [0.1, 0.15) is 12.0 Å². The molecular weight excluding hydrogens is 306 g/mol. The lowest BCUT2D eigenvalue weighted by molar-refractivity contribution is -0.125. The van der Waals surface area contributed by atoms with Crippen LogP contribution in [0, 0.1) is 18.3 Å². The minimum absolute atomic E-state index is 0.0146. The molecule has 4 nitrogen and oxygen atoms in total. The third-order valence-electron chi connectivity index (χ3n) is 3.49. The van der Waals surface area contributed by atoms with E-state index < -0.39 is 0 Å². The van der Waals surface area contributed by atoms with Crippen LogP contribution in [-0.4, -0.2) is 37.0 Å². The molecule has 0 aromatic heterocycles. The second-order valence-electron chi connectivity index (χ2n) is 4.78. The zero-order valence-corrected chi connectivity index (χ0v) is 12.6. The summed E-state index contributed by atoms with van der Waals surface area (Å²) in [5.41, 5.74) is 1.99. The van der Waals surface area contributed by atoms with Gasteiger partial charge in [-0.25, -0.2) is 0 Å². The number of likely N-dealkylation sites (N-methyl/N-ethyl adjacent to an activating group) is 1. The molecule has 0 radical (unpaired) electrons. The number of carbonyl (C=O) groups is 1. The lowest BCUT2D eigenvalue weighted by Crippen LogP contribution is -2.55. The fourth-order valence-corrected chi connectivity index (χ4v) is 2.86. The van der Waals surface area contributed by atoms with Crippen molar-refractivity contribution in [3.63, 3.8) is 0 Å². The van der Waals surface area contributed by atoms with Gasteiger partial charge in [-0.2, -0.15) is 5.26 Å². The van der Waals surface area contributed by atoms with Crippen molar-refractivity contribution in [3.8, 4) is 6.07 Å². The van der Waals surface area contributed by atoms with Gasteiger partial charge in [0.1, 0.15) is 6.04 Å². The van der Waals surface area contributed by atoms with Crippen molar-refractivity contribution in [2.24, 2.45) is 0 Å². The molecule has 100 valence electrons. The summed E-state index contributed by atoms with van der Waals surface area (Å²) in [6, 6.07) is 7.65. The van der Waals surface area contributed by atoms with Crippen molar-refractivity contribution in [2.45, 2.75) is 19.4 Å². The Morgan fingerprint density at radius 2 is 2.21 bits per heavy atom. The molecule has 1 aliphatic heterocycles. The molecule has 5 heteroatoms. The Morgan fingerprint density at radius 3 is 2.84 bits per heavy atom. The number of hydrogen-bond donors (Lipinski definition) is 0. The highest BCUT2D eigenvalue weighted by atomic mass is 79.9. The molecule has 0 aliphatic carbocycles. The highest BCUT2D eigenvalue weighted by molar-refractivity contribution is 9.10. The molecule has 1 fully saturated rings. The van der Waals surface area contributed by atoms with Crippen LogP contribution in [0.4, 0.5) is 5.69 Å². The average molecular weight is 322 g/mol. The van der Waals surface area contributed by atoms with Gasteiger partial charge in [-0.3, -0.25) is 9.69 Å². The SMILES string of the molecule is Cc1cc(Br)ccc1N1CCN(C)C(CC#N)C1=O. The summed E-state index contributed by atoms with van der Waals surface area (Å²) in [5, 5.41) is 8.85. The molecule has 1 aliphatic rings. The Morgan fingerprint density at radius 1 is 1.47 bits per heavy atom. The number of hydrogen-bond acceptors (Lipinski definition) is 3. The van der Waals surface area contributed by atoms with E-state index in [0.29, 0.717) is 6.54 Å². The van der Waals surface area contributed by atoms with Gasteiger partial charge in [0.15, 0.2) is 0 Å². The molecule has 0 N–H and O–H groups in total. The van der Waals surface area contributed by atoms with Crippen molar-refractivity contribution in [3.05, 3.63) is 28.2 Å². The third kappa shape index (κ3) is 2.80. The Labute approximate surface area is 121 Å². The zero-order valence-electron chi connectivity index (χ0n) is 11.1. The van der Waals surface area contributed by atoms with Crippen LogP contribution in [0.3, 0.4) is 0 Å². The molecule has 19 heavy (non-hydrogen) atoms. The summed E-state index contributed by atoms with van der Waals surface area (Å²) in [5.74, 6) is 0.0146. The number of rotatable bonds is 2. The fourth-order valence-electron chi connectivity index (χ4n) is 2.38. The monoisotopic (exact) mass is 321 g/mol. The number of anilines is 1. The number of nitrogens with zero attached hydrogens (tertiary/aromatic N) is 3. The van der Waals surface area contributed by atoms with Gasteiger partial charge in [0.05, 0.1) is 12.5 Å². The van der Waals surface area contributed by atoms with Crippen LogP contribution in [0.15, 0.2) is 22.7 Å². The van der Waals surface area contributed by atoms with Gasteiger partial charge in [0.2, 0.25) is 5.91 Å². The first kappa shape index (κ1) is 14.0. The van der Waals surface area contributed by atoms with E-state index in [-0.39, 0.29) is 18.4 Å². The highest BCUT2D eigenvalue weighted by Crippen LogP contribution is 2.27. The minimum Gasteiger partial charge on any atom is -0.309 e. The molecule has 1 aromatic carbocycles. The smallest absolute Gasteiger partial charge is 0.245 e. The predicted octanol–water partition coefficient (Wildman–Crippen LogP) is 2.32. The minimum atomic E-state index is -0.332. The van der Waals surface area contributed by atoms with Gasteiger partial charge < -0.3 is 4.90 Å². The van der Waals surface area contributed by atoms with E-state index in [1.807, 2.05) is 37.1 Å². The number of benzene rings is 1. The third-order valence-corrected chi connectivity index (χ3v) is 3.99. The van der Waals surface area contributed by atoms with Crippen molar-refractivity contribution >= 4 is 27.5 Å². The molecule has 1 aromatic rings. The topological polar surface area (TPSA) is 47.3 Å². The largest absolute Gasteiger partial charge is 0.309 e. The summed E-state index contributed by atoms with van der Waals surface area (Å²) >= 11 is 3.43. The van der Waals surface area contributed by atoms with Crippen molar-refractivity contribution < 1.29 is 4.79 Å². The van der Waals surface area contributed by atoms with E-state index in [1.165, 1.54) is 0 Å². The van der Waals surface area contributed by atoms with Crippen LogP contribution in [0.5, 0.6) is 0 Å². The number of nitriles is 1. The Balaban J connectivity index is 2.30. The van der Waals surface area contributed by atoms with E-state index in [4.69, 9.17) is 5.26 Å². The summed E-state index contributed by atoms with van der Waals surface area (Å²) in [6.07, 6.45) is 0.238. The van der Waals surface area contributed by atoms with E-state index >= 15 is 0 Å². The first-order chi connectivity index (χ1) is 9.04. The lowest BCUT2D eigenvalue weighted by Gasteiger charge is -2.38. The maximum atomic E-state index is 12.5. The van der Waals surface area contributed by atoms with Crippen LogP contribution < -0.4 is 4.90 Å². The molecule has 0 bridgehead atoms. The average Bonchev–Trinajstić information content (AvgIpc) is 2.36. The van der Waals surface area contributed by atoms with Crippen LogP contribution >= 0.6 is 15.9 Å². The first-order valence-corrected chi connectivity index (χ1v) is 6.98. The summed E-state index contributed by atoms with van der Waals surface area (Å²) in [7, 11) is 1.89. The molecule has 0 saturated carbocycles. The van der Waals surface area contributed by atoms with Crippen LogP contribution in [0.25, 0.3) is 0 Å². The Hall–Kier alpha value is -1.38. The van der Waals surface area contributed by atoms with Crippen LogP contribution in [-0.2, 0) is 4.79 Å². The van der Waals surface area contributed by atoms with Gasteiger partial charge in [-0.05, 0) is 37.7 Å². The van der Waals surface area contributed by atoms with Gasteiger partial charge in [0.25, 0.3) is 0 Å². The predicted molar refractivity (Wildman–Crippen MR) is 77.9 cm³/mol. The molecule has 0 spiro atoms. The van der Waals surface area contributed by atoms with Crippen molar-refractivity contribution in [1.82, 2.24) is 4.90 Å². The standard InChI is InChI=1S/C14H16BrN3O/c1-10-9-11(15)3-4-12(10)18-8-7-17(2)13(5-6-16)14(18)19/h3-4,9,13H,5,7-8H2,1-2H3. The van der Waals surface area contributed by atoms with Gasteiger partial charge in [-0.15, -0.1) is 0 Å². The maximum absolute atomic E-state index is 12.5. The molecular formula is C14H16BrN3O. The molecule has 1 heterocycles. The van der Waals surface area contributed by atoms with Gasteiger partial charge in [-0.1, -0.05) is 15.9 Å². The second-order valence-corrected chi connectivity index (χ2v) is 5.70. The Bertz CT molecular complexity index is 538. The summed E-state index contributed by atoms with van der Waals surface area (Å²) in [4.78, 5) is 16.2. The molecule has 1 saturated heterocycles. The van der Waals surface area contributed by atoms with E-state index in [2.05, 4.69) is 22.0 Å². The number of halogens is 1. The maximum Gasteiger partial charge on any atom is 0.245 e. The van der Waals surface area contributed by atoms with Gasteiger partial charge in [0, 0.05) is 23.2 Å². The normalized spacial score (nSPS) is 20.4. The fraction of sp³-hybridized carbons (Fsp3) is 0.429. The number of aryl methyl sites for hydroxylation is 1. The number of carbonyl (C=O) groups excluding carboxylic acids is 1. The van der Waals surface area contributed by atoms with Crippen molar-refractivity contribution in [2.75, 3.05) is 25.0 Å². The number of piperazine rings is 1. The zero-order chi connectivity index (χ0) is 14.0. The summed E-state index contributed by atoms with van der Waals surface area (Å²) in [6.45, 7) is 3.44. The molecule has 1 unspecified atom stereocenters. The summed E-state index contributed by atoms with van der Waals surface area (Å²) < 4.78 is 1.00.